The van der Waals surface area contributed by atoms with E-state index in [1.807, 2.05) is 60.7 Å². The van der Waals surface area contributed by atoms with Gasteiger partial charge in [-0.2, -0.15) is 0 Å². The smallest absolute Gasteiger partial charge is 0.269 e. The maximum absolute atomic E-state index is 11.0. The molecule has 6 aromatic carbocycles. The summed E-state index contributed by atoms with van der Waals surface area (Å²) >= 11 is 0. The fourth-order valence-electron chi connectivity index (χ4n) is 5.58. The van der Waals surface area contributed by atoms with Crippen LogP contribution in [0.4, 0.5) is 28.4 Å². The Labute approximate surface area is 303 Å². The van der Waals surface area contributed by atoms with Crippen LogP contribution in [0.5, 0.6) is 0 Å². The van der Waals surface area contributed by atoms with E-state index in [4.69, 9.17) is 0 Å². The molecule has 0 bridgehead atoms. The Hall–Kier alpha value is -6.24. The highest BCUT2D eigenvalue weighted by molar-refractivity contribution is 5.71. The maximum Gasteiger partial charge on any atom is 0.269 e. The predicted octanol–water partition coefficient (Wildman–Crippen LogP) is 8.65. The molecule has 2 atom stereocenters. The van der Waals surface area contributed by atoms with E-state index in [1.54, 1.807) is 12.1 Å². The van der Waals surface area contributed by atoms with Crippen molar-refractivity contribution in [2.24, 2.45) is 0 Å². The van der Waals surface area contributed by atoms with E-state index in [2.05, 4.69) is 125 Å². The van der Waals surface area contributed by atoms with Gasteiger partial charge >= 0.3 is 0 Å². The summed E-state index contributed by atoms with van der Waals surface area (Å²) < 4.78 is 0. The monoisotopic (exact) mass is 693 g/mol. The molecule has 0 amide bonds. The van der Waals surface area contributed by atoms with Gasteiger partial charge in [-0.05, 0) is 103 Å². The molecule has 264 valence electrons. The minimum Gasteiger partial charge on any atom is -0.320 e. The quantitative estimate of drug-likeness (QED) is 0.0282. The summed E-state index contributed by atoms with van der Waals surface area (Å²) in [6.07, 6.45) is -0.547. The molecule has 0 aliphatic carbocycles. The van der Waals surface area contributed by atoms with E-state index in [9.17, 15) is 10.1 Å². The maximum atomic E-state index is 11.0. The number of anilines is 4. The van der Waals surface area contributed by atoms with Crippen molar-refractivity contribution in [1.29, 1.82) is 0 Å². The Morgan fingerprint density at radius 1 is 0.481 bits per heavy atom. The number of nitro groups is 1. The lowest BCUT2D eigenvalue weighted by atomic mass is 10.00. The summed E-state index contributed by atoms with van der Waals surface area (Å²) in [4.78, 5) is 10.6. The fraction of sp³-hybridized carbons (Fsp3) is 0.122. The summed E-state index contributed by atoms with van der Waals surface area (Å²) in [6.45, 7) is 6.24. The average molecular weight is 694 g/mol. The van der Waals surface area contributed by atoms with E-state index >= 15 is 0 Å². The number of non-ortho nitro benzene ring substituents is 1. The zero-order valence-corrected chi connectivity index (χ0v) is 29.3. The van der Waals surface area contributed by atoms with E-state index in [0.29, 0.717) is 5.69 Å². The predicted molar refractivity (Wildman–Crippen MR) is 211 cm³/mol. The number of hydrazine groups is 4. The van der Waals surface area contributed by atoms with Crippen LogP contribution in [0.25, 0.3) is 11.1 Å². The van der Waals surface area contributed by atoms with Gasteiger partial charge in [0, 0.05) is 23.5 Å². The van der Waals surface area contributed by atoms with Crippen LogP contribution in [-0.4, -0.2) is 4.92 Å². The van der Waals surface area contributed by atoms with Gasteiger partial charge in [-0.15, -0.1) is 0 Å². The number of hydrogen-bond acceptors (Lipinski definition) is 10. The number of nitrogens with zero attached hydrogens (tertiary/aromatic N) is 1. The van der Waals surface area contributed by atoms with Crippen molar-refractivity contribution in [2.45, 2.75) is 33.1 Å². The highest BCUT2D eigenvalue weighted by atomic mass is 16.6. The molecular weight excluding hydrogens is 651 g/mol. The summed E-state index contributed by atoms with van der Waals surface area (Å²) in [6, 6.07) is 47.3. The standard InChI is InChI=1S/C41H43N9O2/c1-28-14-18-35(19-15-28)42-46-40(31-10-6-4-7-11-31)48-44-38-24-16-33(26-29(38)2)34-17-25-39(30(3)27-34)45-49-41(32-12-8-5-9-13-32)47-43-36-20-22-37(23-21-36)50(51)52/h4-27,40-49H,1-3H3. The Morgan fingerprint density at radius 3 is 1.29 bits per heavy atom. The number of hydrogen-bond donors (Lipinski definition) is 8. The normalized spacial score (nSPS) is 12.1. The summed E-state index contributed by atoms with van der Waals surface area (Å²) in [5, 5.41) is 11.0. The highest BCUT2D eigenvalue weighted by Crippen LogP contribution is 2.28. The first-order chi connectivity index (χ1) is 25.3. The van der Waals surface area contributed by atoms with Crippen molar-refractivity contribution in [2.75, 3.05) is 21.7 Å². The minimum absolute atomic E-state index is 0.0381. The van der Waals surface area contributed by atoms with E-state index in [0.717, 1.165) is 50.4 Å². The van der Waals surface area contributed by atoms with Crippen molar-refractivity contribution >= 4 is 28.4 Å². The molecule has 0 fully saturated rings. The second kappa shape index (κ2) is 17.1. The van der Waals surface area contributed by atoms with Gasteiger partial charge in [-0.25, -0.2) is 21.7 Å². The molecule has 0 saturated heterocycles. The van der Waals surface area contributed by atoms with Crippen LogP contribution in [0.1, 0.15) is 40.1 Å². The van der Waals surface area contributed by atoms with Crippen LogP contribution in [0.2, 0.25) is 0 Å². The van der Waals surface area contributed by atoms with Gasteiger partial charge in [0.15, 0.2) is 0 Å². The van der Waals surface area contributed by atoms with E-state index in [1.165, 1.54) is 17.7 Å². The van der Waals surface area contributed by atoms with Crippen LogP contribution in [-0.2, 0) is 0 Å². The lowest BCUT2D eigenvalue weighted by molar-refractivity contribution is -0.384. The Kier molecular flexibility index (Phi) is 11.7. The number of nitro benzene ring substituents is 1. The van der Waals surface area contributed by atoms with E-state index in [-0.39, 0.29) is 18.0 Å². The molecule has 11 heteroatoms. The van der Waals surface area contributed by atoms with Crippen LogP contribution in [0.3, 0.4) is 0 Å². The SMILES string of the molecule is Cc1ccc(NNC(NNc2ccc(-c3ccc(NNC(NNc4ccc([N+](=O)[O-])cc4)c4ccccc4)c(C)c3)cc2C)c2ccccc2)cc1. The number of nitrogens with one attached hydrogen (secondary N) is 8. The molecule has 6 aromatic rings. The first-order valence-corrected chi connectivity index (χ1v) is 17.0. The third-order valence-electron chi connectivity index (χ3n) is 8.61. The van der Waals surface area contributed by atoms with Crippen LogP contribution in [0, 0.1) is 30.9 Å². The van der Waals surface area contributed by atoms with Crippen LogP contribution >= 0.6 is 0 Å². The summed E-state index contributed by atoms with van der Waals surface area (Å²) in [7, 11) is 0. The molecule has 6 rings (SSSR count). The molecule has 0 aliphatic heterocycles. The van der Waals surface area contributed by atoms with Gasteiger partial charge < -0.3 is 21.7 Å². The molecule has 0 spiro atoms. The largest absolute Gasteiger partial charge is 0.320 e. The molecule has 0 aromatic heterocycles. The topological polar surface area (TPSA) is 139 Å². The van der Waals surface area contributed by atoms with Crippen LogP contribution in [0.15, 0.2) is 146 Å². The summed E-state index contributed by atoms with van der Waals surface area (Å²) in [5.41, 5.74) is 38.0. The minimum atomic E-state index is -0.415. The van der Waals surface area contributed by atoms with Crippen molar-refractivity contribution in [3.63, 3.8) is 0 Å². The van der Waals surface area contributed by atoms with Crippen molar-refractivity contribution < 1.29 is 4.92 Å². The fourth-order valence-corrected chi connectivity index (χ4v) is 5.58. The van der Waals surface area contributed by atoms with Gasteiger partial charge in [0.2, 0.25) is 0 Å². The molecule has 2 unspecified atom stereocenters. The number of benzene rings is 6. The molecular formula is C41H43N9O2. The van der Waals surface area contributed by atoms with Crippen molar-refractivity contribution in [3.8, 4) is 11.1 Å². The third kappa shape index (κ3) is 9.50. The highest BCUT2D eigenvalue weighted by Gasteiger charge is 2.14. The Bertz CT molecular complexity index is 2060. The van der Waals surface area contributed by atoms with Gasteiger partial charge in [-0.3, -0.25) is 10.1 Å². The zero-order valence-electron chi connectivity index (χ0n) is 29.3. The zero-order chi connectivity index (χ0) is 36.3. The Balaban J connectivity index is 1.09. The molecule has 0 saturated carbocycles. The number of rotatable bonds is 16. The molecule has 0 radical (unpaired) electrons. The molecule has 8 N–H and O–H groups in total. The van der Waals surface area contributed by atoms with Gasteiger partial charge in [0.1, 0.15) is 12.3 Å². The lowest BCUT2D eigenvalue weighted by Gasteiger charge is -2.24. The number of aryl methyl sites for hydroxylation is 3. The second-order valence-corrected chi connectivity index (χ2v) is 12.5. The second-order valence-electron chi connectivity index (χ2n) is 12.5. The van der Waals surface area contributed by atoms with Crippen LogP contribution < -0.4 is 43.4 Å². The third-order valence-corrected chi connectivity index (χ3v) is 8.61. The molecule has 11 nitrogen and oxygen atoms in total. The first kappa shape index (κ1) is 35.6. The first-order valence-electron chi connectivity index (χ1n) is 17.0. The molecule has 0 heterocycles. The Morgan fingerprint density at radius 2 is 0.885 bits per heavy atom. The molecule has 0 aliphatic rings. The van der Waals surface area contributed by atoms with E-state index < -0.39 is 4.92 Å². The van der Waals surface area contributed by atoms with Gasteiger partial charge in [-0.1, -0.05) is 90.5 Å². The summed E-state index contributed by atoms with van der Waals surface area (Å²) in [5.74, 6) is 0. The average Bonchev–Trinajstić information content (AvgIpc) is 3.17. The van der Waals surface area contributed by atoms with Gasteiger partial charge in [0.05, 0.1) is 16.3 Å². The molecule has 52 heavy (non-hydrogen) atoms. The van der Waals surface area contributed by atoms with Gasteiger partial charge in [0.25, 0.3) is 5.69 Å². The van der Waals surface area contributed by atoms with Crippen molar-refractivity contribution in [3.05, 3.63) is 184 Å². The van der Waals surface area contributed by atoms with Crippen molar-refractivity contribution in [1.82, 2.24) is 21.7 Å². The lowest BCUT2D eigenvalue weighted by Crippen LogP contribution is -2.40.